The SMILES string of the molecule is CCNC(c1cccc(OC)c1F)C(OCC)OCC. The topological polar surface area (TPSA) is 39.7 Å². The lowest BCUT2D eigenvalue weighted by Crippen LogP contribution is -2.36. The minimum absolute atomic E-state index is 0.220. The number of hydrogen-bond donors (Lipinski definition) is 1. The van der Waals surface area contributed by atoms with Crippen LogP contribution in [-0.4, -0.2) is 33.2 Å². The van der Waals surface area contributed by atoms with Gasteiger partial charge in [-0.25, -0.2) is 4.39 Å². The van der Waals surface area contributed by atoms with Crippen LogP contribution in [0.15, 0.2) is 18.2 Å². The van der Waals surface area contributed by atoms with Crippen molar-refractivity contribution in [3.05, 3.63) is 29.6 Å². The van der Waals surface area contributed by atoms with Crippen molar-refractivity contribution in [2.24, 2.45) is 0 Å². The number of hydrogen-bond acceptors (Lipinski definition) is 4. The van der Waals surface area contributed by atoms with E-state index in [0.29, 0.717) is 25.3 Å². The summed E-state index contributed by atoms with van der Waals surface area (Å²) in [5, 5.41) is 3.22. The zero-order valence-corrected chi connectivity index (χ0v) is 12.6. The van der Waals surface area contributed by atoms with Crippen LogP contribution in [0.4, 0.5) is 4.39 Å². The molecule has 20 heavy (non-hydrogen) atoms. The predicted molar refractivity (Wildman–Crippen MR) is 76.4 cm³/mol. The van der Waals surface area contributed by atoms with Gasteiger partial charge in [0.1, 0.15) is 0 Å². The zero-order valence-electron chi connectivity index (χ0n) is 12.6. The zero-order chi connectivity index (χ0) is 15.0. The van der Waals surface area contributed by atoms with Gasteiger partial charge in [0.15, 0.2) is 17.9 Å². The summed E-state index contributed by atoms with van der Waals surface area (Å²) in [4.78, 5) is 0. The van der Waals surface area contributed by atoms with Gasteiger partial charge in [0.2, 0.25) is 0 Å². The molecule has 1 rings (SSSR count). The summed E-state index contributed by atoms with van der Waals surface area (Å²) in [5.74, 6) is -0.164. The van der Waals surface area contributed by atoms with Gasteiger partial charge in [-0.2, -0.15) is 0 Å². The van der Waals surface area contributed by atoms with E-state index in [0.717, 1.165) is 0 Å². The smallest absolute Gasteiger partial charge is 0.176 e. The van der Waals surface area contributed by atoms with Crippen molar-refractivity contribution in [3.8, 4) is 5.75 Å². The highest BCUT2D eigenvalue weighted by atomic mass is 19.1. The molecular formula is C15H24FNO3. The van der Waals surface area contributed by atoms with Crippen LogP contribution >= 0.6 is 0 Å². The van der Waals surface area contributed by atoms with Crippen molar-refractivity contribution in [1.82, 2.24) is 5.32 Å². The van der Waals surface area contributed by atoms with Crippen molar-refractivity contribution < 1.29 is 18.6 Å². The molecule has 0 radical (unpaired) electrons. The maximum absolute atomic E-state index is 14.4. The summed E-state index contributed by atoms with van der Waals surface area (Å²) in [6, 6.07) is 4.69. The number of ether oxygens (including phenoxy) is 3. The molecule has 0 aliphatic heterocycles. The van der Waals surface area contributed by atoms with E-state index in [1.807, 2.05) is 20.8 Å². The summed E-state index contributed by atoms with van der Waals surface area (Å²) in [6.07, 6.45) is -0.536. The van der Waals surface area contributed by atoms with Crippen LogP contribution in [0, 0.1) is 5.82 Å². The van der Waals surface area contributed by atoms with Gasteiger partial charge in [-0.3, -0.25) is 0 Å². The van der Waals surface area contributed by atoms with Gasteiger partial charge < -0.3 is 19.5 Å². The van der Waals surface area contributed by atoms with E-state index < -0.39 is 6.29 Å². The lowest BCUT2D eigenvalue weighted by atomic mass is 10.0. The molecule has 0 aliphatic carbocycles. The minimum Gasteiger partial charge on any atom is -0.494 e. The quantitative estimate of drug-likeness (QED) is 0.708. The van der Waals surface area contributed by atoms with Crippen LogP contribution in [0.3, 0.4) is 0 Å². The third kappa shape index (κ3) is 4.16. The lowest BCUT2D eigenvalue weighted by Gasteiger charge is -2.28. The number of halogens is 1. The maximum Gasteiger partial charge on any atom is 0.176 e. The molecule has 114 valence electrons. The van der Waals surface area contributed by atoms with Gasteiger partial charge in [0.25, 0.3) is 0 Å². The molecule has 0 aliphatic rings. The van der Waals surface area contributed by atoms with Crippen molar-refractivity contribution in [3.63, 3.8) is 0 Å². The third-order valence-electron chi connectivity index (χ3n) is 2.91. The van der Waals surface area contributed by atoms with E-state index in [2.05, 4.69) is 5.32 Å². The second-order valence-electron chi connectivity index (χ2n) is 4.18. The Kier molecular flexibility index (Phi) is 7.51. The first-order chi connectivity index (χ1) is 9.69. The molecule has 0 aromatic heterocycles. The number of benzene rings is 1. The molecule has 1 aromatic rings. The highest BCUT2D eigenvalue weighted by Gasteiger charge is 2.27. The van der Waals surface area contributed by atoms with Gasteiger partial charge in [0.05, 0.1) is 13.2 Å². The molecular weight excluding hydrogens is 261 g/mol. The van der Waals surface area contributed by atoms with Crippen LogP contribution in [-0.2, 0) is 9.47 Å². The average Bonchev–Trinajstić information content (AvgIpc) is 2.45. The molecule has 0 saturated heterocycles. The van der Waals surface area contributed by atoms with Gasteiger partial charge in [-0.05, 0) is 26.5 Å². The molecule has 1 unspecified atom stereocenters. The van der Waals surface area contributed by atoms with Gasteiger partial charge in [-0.15, -0.1) is 0 Å². The summed E-state index contributed by atoms with van der Waals surface area (Å²) in [7, 11) is 1.45. The molecule has 1 N–H and O–H groups in total. The number of likely N-dealkylation sites (N-methyl/N-ethyl adjacent to an activating group) is 1. The Balaban J connectivity index is 3.10. The van der Waals surface area contributed by atoms with E-state index in [1.54, 1.807) is 18.2 Å². The van der Waals surface area contributed by atoms with Crippen LogP contribution in [0.5, 0.6) is 5.75 Å². The van der Waals surface area contributed by atoms with E-state index in [9.17, 15) is 4.39 Å². The fourth-order valence-electron chi connectivity index (χ4n) is 2.07. The van der Waals surface area contributed by atoms with Gasteiger partial charge in [0, 0.05) is 18.8 Å². The van der Waals surface area contributed by atoms with Gasteiger partial charge >= 0.3 is 0 Å². The Labute approximate surface area is 120 Å². The van der Waals surface area contributed by atoms with Crippen molar-refractivity contribution in [2.75, 3.05) is 26.9 Å². The fraction of sp³-hybridized carbons (Fsp3) is 0.600. The lowest BCUT2D eigenvalue weighted by molar-refractivity contribution is -0.155. The highest BCUT2D eigenvalue weighted by Crippen LogP contribution is 2.28. The summed E-state index contributed by atoms with van der Waals surface area (Å²) >= 11 is 0. The second-order valence-corrected chi connectivity index (χ2v) is 4.18. The molecule has 0 bridgehead atoms. The monoisotopic (exact) mass is 285 g/mol. The summed E-state index contributed by atoms with van der Waals surface area (Å²) in [6.45, 7) is 7.40. The first-order valence-electron chi connectivity index (χ1n) is 6.98. The standard InChI is InChI=1S/C15H24FNO3/c1-5-17-14(15(19-6-2)20-7-3)11-9-8-10-12(18-4)13(11)16/h8-10,14-15,17H,5-7H2,1-4H3. The first-order valence-corrected chi connectivity index (χ1v) is 6.98. The summed E-state index contributed by atoms with van der Waals surface area (Å²) in [5.41, 5.74) is 0.484. The molecule has 0 fully saturated rings. The number of methoxy groups -OCH3 is 1. The van der Waals surface area contributed by atoms with E-state index in [-0.39, 0.29) is 17.6 Å². The Morgan fingerprint density at radius 3 is 2.30 bits per heavy atom. The van der Waals surface area contributed by atoms with E-state index in [4.69, 9.17) is 14.2 Å². The van der Waals surface area contributed by atoms with Crippen LogP contribution in [0.25, 0.3) is 0 Å². The molecule has 0 heterocycles. The predicted octanol–water partition coefficient (Wildman–Crippen LogP) is 2.88. The van der Waals surface area contributed by atoms with Crippen molar-refractivity contribution in [1.29, 1.82) is 0 Å². The highest BCUT2D eigenvalue weighted by molar-refractivity contribution is 5.33. The number of nitrogens with one attached hydrogen (secondary N) is 1. The molecule has 0 saturated carbocycles. The van der Waals surface area contributed by atoms with E-state index in [1.165, 1.54) is 7.11 Å². The largest absolute Gasteiger partial charge is 0.494 e. The van der Waals surface area contributed by atoms with Gasteiger partial charge in [-0.1, -0.05) is 19.1 Å². The first kappa shape index (κ1) is 16.9. The Hall–Kier alpha value is -1.17. The van der Waals surface area contributed by atoms with Crippen LogP contribution in [0.2, 0.25) is 0 Å². The Morgan fingerprint density at radius 1 is 1.15 bits per heavy atom. The molecule has 0 spiro atoms. The molecule has 5 heteroatoms. The second kappa shape index (κ2) is 8.89. The number of rotatable bonds is 9. The van der Waals surface area contributed by atoms with Crippen molar-refractivity contribution in [2.45, 2.75) is 33.1 Å². The van der Waals surface area contributed by atoms with E-state index >= 15 is 0 Å². The molecule has 1 aromatic carbocycles. The maximum atomic E-state index is 14.4. The third-order valence-corrected chi connectivity index (χ3v) is 2.91. The van der Waals surface area contributed by atoms with Crippen LogP contribution < -0.4 is 10.1 Å². The normalized spacial score (nSPS) is 12.7. The Bertz CT molecular complexity index is 395. The molecule has 4 nitrogen and oxygen atoms in total. The molecule has 1 atom stereocenters. The fourth-order valence-corrected chi connectivity index (χ4v) is 2.07. The Morgan fingerprint density at radius 2 is 1.80 bits per heavy atom. The van der Waals surface area contributed by atoms with Crippen molar-refractivity contribution >= 4 is 0 Å². The van der Waals surface area contributed by atoms with Crippen LogP contribution in [0.1, 0.15) is 32.4 Å². The molecule has 0 amide bonds. The minimum atomic E-state index is -0.536. The summed E-state index contributed by atoms with van der Waals surface area (Å²) < 4.78 is 30.6. The average molecular weight is 285 g/mol.